The van der Waals surface area contributed by atoms with E-state index in [1.807, 2.05) is 13.8 Å². The summed E-state index contributed by atoms with van der Waals surface area (Å²) in [4.78, 5) is 19.4. The van der Waals surface area contributed by atoms with Crippen molar-refractivity contribution in [3.63, 3.8) is 0 Å². The fourth-order valence-corrected chi connectivity index (χ4v) is 3.05. The standard InChI is InChI=1S/C18H40O10P2/c1-16(2)29(5,20)27-13-12-25-9-8-23-6-7-24-10-11-26-14-18(19)15-28-30(21,22)17(3)4/h16-20H,5-15H2,1-4H3,(H,21,22). The molecule has 10 nitrogen and oxygen atoms in total. The van der Waals surface area contributed by atoms with E-state index in [-0.39, 0.29) is 25.5 Å². The minimum atomic E-state index is -3.68. The quantitative estimate of drug-likeness (QED) is 0.175. The van der Waals surface area contributed by atoms with Gasteiger partial charge in [-0.15, -0.1) is 0 Å². The first kappa shape index (κ1) is 30.2. The van der Waals surface area contributed by atoms with Crippen LogP contribution in [0.5, 0.6) is 0 Å². The van der Waals surface area contributed by atoms with Crippen LogP contribution in [0, 0.1) is 0 Å². The molecule has 0 fully saturated rings. The van der Waals surface area contributed by atoms with Crippen LogP contribution < -0.4 is 0 Å². The van der Waals surface area contributed by atoms with E-state index in [1.54, 1.807) is 13.8 Å². The topological polar surface area (TPSA) is 133 Å². The summed E-state index contributed by atoms with van der Waals surface area (Å²) in [6.07, 6.45) is 2.72. The Balaban J connectivity index is 3.39. The van der Waals surface area contributed by atoms with Crippen LogP contribution >= 0.6 is 14.9 Å². The lowest BCUT2D eigenvalue weighted by Crippen LogP contribution is -2.23. The highest BCUT2D eigenvalue weighted by Gasteiger charge is 2.25. The van der Waals surface area contributed by atoms with Crippen molar-refractivity contribution in [1.82, 2.24) is 0 Å². The third-order valence-corrected chi connectivity index (χ3v) is 7.95. The first-order valence-corrected chi connectivity index (χ1v) is 13.6. The van der Waals surface area contributed by atoms with E-state index in [9.17, 15) is 19.5 Å². The molecule has 0 saturated carbocycles. The van der Waals surface area contributed by atoms with Gasteiger partial charge in [-0.05, 0) is 0 Å². The Bertz CT molecular complexity index is 515. The van der Waals surface area contributed by atoms with Crippen LogP contribution in [0.2, 0.25) is 0 Å². The molecular weight excluding hydrogens is 438 g/mol. The maximum atomic E-state index is 11.6. The molecule has 0 aromatic carbocycles. The van der Waals surface area contributed by atoms with Gasteiger partial charge in [-0.25, -0.2) is 0 Å². The zero-order valence-corrected chi connectivity index (χ0v) is 20.4. The fraction of sp³-hybridized carbons (Fsp3) is 0.944. The van der Waals surface area contributed by atoms with E-state index in [2.05, 4.69) is 6.30 Å². The molecule has 3 atom stereocenters. The molecule has 0 saturated heterocycles. The van der Waals surface area contributed by atoms with E-state index in [4.69, 9.17) is 28.0 Å². The second-order valence-corrected chi connectivity index (χ2v) is 12.4. The normalized spacial score (nSPS) is 17.2. The molecule has 0 rings (SSSR count). The molecule has 3 unspecified atom stereocenters. The van der Waals surface area contributed by atoms with Crippen LogP contribution in [0.4, 0.5) is 0 Å². The number of aliphatic hydroxyl groups excluding tert-OH is 1. The third-order valence-electron chi connectivity index (χ3n) is 3.88. The predicted octanol–water partition coefficient (Wildman–Crippen LogP) is 1.72. The van der Waals surface area contributed by atoms with Crippen molar-refractivity contribution >= 4 is 21.2 Å². The van der Waals surface area contributed by atoms with Gasteiger partial charge in [-0.3, -0.25) is 4.57 Å². The van der Waals surface area contributed by atoms with E-state index in [0.29, 0.717) is 46.2 Å². The van der Waals surface area contributed by atoms with E-state index in [0.717, 1.165) is 0 Å². The van der Waals surface area contributed by atoms with E-state index >= 15 is 0 Å². The van der Waals surface area contributed by atoms with Crippen molar-refractivity contribution in [3.8, 4) is 0 Å². The summed E-state index contributed by atoms with van der Waals surface area (Å²) in [7, 11) is -6.23. The molecule has 0 aromatic rings. The van der Waals surface area contributed by atoms with Crippen LogP contribution in [0.15, 0.2) is 0 Å². The van der Waals surface area contributed by atoms with Gasteiger partial charge in [-0.1, -0.05) is 34.0 Å². The Morgan fingerprint density at radius 1 is 0.700 bits per heavy atom. The average molecular weight is 478 g/mol. The highest BCUT2D eigenvalue weighted by Crippen LogP contribution is 2.47. The number of hydrogen-bond acceptors (Lipinski definition) is 9. The maximum absolute atomic E-state index is 11.6. The number of ether oxygens (including phenoxy) is 4. The fourth-order valence-electron chi connectivity index (χ4n) is 1.67. The van der Waals surface area contributed by atoms with Crippen molar-refractivity contribution in [2.24, 2.45) is 0 Å². The lowest BCUT2D eigenvalue weighted by Gasteiger charge is -2.21. The van der Waals surface area contributed by atoms with Crippen LogP contribution in [-0.2, 0) is 32.6 Å². The SMILES string of the molecule is C=P(O)(OCCOCCOCCOCCOCC(O)COP(=O)(O)C(C)C)C(C)C. The van der Waals surface area contributed by atoms with Gasteiger partial charge in [0.25, 0.3) is 0 Å². The molecule has 0 amide bonds. The third kappa shape index (κ3) is 15.9. The highest BCUT2D eigenvalue weighted by molar-refractivity contribution is 7.64. The van der Waals surface area contributed by atoms with Crippen LogP contribution in [-0.4, -0.2) is 105 Å². The Morgan fingerprint density at radius 2 is 1.13 bits per heavy atom. The summed E-state index contributed by atoms with van der Waals surface area (Å²) in [5, 5.41) is 9.66. The first-order chi connectivity index (χ1) is 14.0. The summed E-state index contributed by atoms with van der Waals surface area (Å²) in [6.45, 7) is 9.54. The molecule has 0 aliphatic heterocycles. The van der Waals surface area contributed by atoms with Crippen molar-refractivity contribution in [2.45, 2.75) is 45.1 Å². The molecule has 3 N–H and O–H groups in total. The molecule has 182 valence electrons. The predicted molar refractivity (Wildman–Crippen MR) is 118 cm³/mol. The van der Waals surface area contributed by atoms with Gasteiger partial charge in [0.15, 0.2) is 0 Å². The molecule has 0 bridgehead atoms. The Labute approximate surface area is 180 Å². The Hall–Kier alpha value is 0.170. The molecule has 0 radical (unpaired) electrons. The second kappa shape index (κ2) is 16.8. The molecule has 0 aliphatic carbocycles. The zero-order chi connectivity index (χ0) is 23.0. The van der Waals surface area contributed by atoms with Gasteiger partial charge in [0.1, 0.15) is 13.4 Å². The molecule has 12 heteroatoms. The molecule has 0 heterocycles. The molecule has 30 heavy (non-hydrogen) atoms. The van der Waals surface area contributed by atoms with Gasteiger partial charge >= 0.3 is 7.60 Å². The summed E-state index contributed by atoms with van der Waals surface area (Å²) < 4.78 is 43.0. The van der Waals surface area contributed by atoms with Crippen molar-refractivity contribution in [2.75, 3.05) is 66.1 Å². The van der Waals surface area contributed by atoms with Gasteiger partial charge in [0, 0.05) is 5.66 Å². The van der Waals surface area contributed by atoms with Crippen molar-refractivity contribution in [1.29, 1.82) is 0 Å². The zero-order valence-electron chi connectivity index (χ0n) is 18.6. The second-order valence-electron chi connectivity index (χ2n) is 7.20. The monoisotopic (exact) mass is 478 g/mol. The molecular formula is C18H40O10P2. The summed E-state index contributed by atoms with van der Waals surface area (Å²) in [5.74, 6) is 0. The summed E-state index contributed by atoms with van der Waals surface area (Å²) in [5.41, 5.74) is -0.519. The maximum Gasteiger partial charge on any atom is 0.330 e. The average Bonchev–Trinajstić information content (AvgIpc) is 2.66. The summed E-state index contributed by atoms with van der Waals surface area (Å²) >= 11 is 0. The van der Waals surface area contributed by atoms with Gasteiger partial charge in [-0.2, -0.15) is 0 Å². The Kier molecular flexibility index (Phi) is 16.8. The van der Waals surface area contributed by atoms with E-state index in [1.165, 1.54) is 0 Å². The first-order valence-electron chi connectivity index (χ1n) is 10.1. The molecule has 0 aromatic heterocycles. The number of aliphatic hydroxyl groups is 1. The van der Waals surface area contributed by atoms with Crippen molar-refractivity contribution < 1.29 is 47.5 Å². The van der Waals surface area contributed by atoms with E-state index < -0.39 is 26.7 Å². The molecule has 0 spiro atoms. The Morgan fingerprint density at radius 3 is 1.57 bits per heavy atom. The number of hydrogen-bond donors (Lipinski definition) is 3. The van der Waals surface area contributed by atoms with Gasteiger partial charge < -0.3 is 42.9 Å². The van der Waals surface area contributed by atoms with Gasteiger partial charge in [0.05, 0.1) is 71.7 Å². The minimum Gasteiger partial charge on any atom is -0.388 e. The lowest BCUT2D eigenvalue weighted by molar-refractivity contribution is -0.0258. The van der Waals surface area contributed by atoms with Crippen LogP contribution in [0.3, 0.4) is 0 Å². The molecule has 0 aliphatic rings. The van der Waals surface area contributed by atoms with Crippen molar-refractivity contribution in [3.05, 3.63) is 0 Å². The largest absolute Gasteiger partial charge is 0.388 e. The van der Waals surface area contributed by atoms with Crippen LogP contribution in [0.1, 0.15) is 27.7 Å². The highest BCUT2D eigenvalue weighted by atomic mass is 31.2. The lowest BCUT2D eigenvalue weighted by atomic mass is 10.4. The smallest absolute Gasteiger partial charge is 0.330 e. The number of rotatable bonds is 20. The van der Waals surface area contributed by atoms with Crippen LogP contribution in [0.25, 0.3) is 0 Å². The summed E-state index contributed by atoms with van der Waals surface area (Å²) in [6, 6.07) is 0. The van der Waals surface area contributed by atoms with Gasteiger partial charge in [0.2, 0.25) is 0 Å². The minimum absolute atomic E-state index is 0.00148.